The highest BCUT2D eigenvalue weighted by Crippen LogP contribution is 2.21. The summed E-state index contributed by atoms with van der Waals surface area (Å²) in [5.41, 5.74) is 2.48. The molecule has 2 N–H and O–H groups in total. The van der Waals surface area contributed by atoms with E-state index < -0.39 is 0 Å². The molecule has 0 aliphatic carbocycles. The SMILES string of the molecule is CN=C(NCc1ccc(OCCOC)cc1)NCC(C)(C)c1ccccc1. The molecule has 0 aliphatic rings. The van der Waals surface area contributed by atoms with Crippen molar-refractivity contribution in [3.63, 3.8) is 0 Å². The van der Waals surface area contributed by atoms with Crippen molar-refractivity contribution in [3.8, 4) is 5.75 Å². The first-order valence-electron chi connectivity index (χ1n) is 9.26. The summed E-state index contributed by atoms with van der Waals surface area (Å²) >= 11 is 0. The van der Waals surface area contributed by atoms with Gasteiger partial charge in [-0.25, -0.2) is 0 Å². The van der Waals surface area contributed by atoms with E-state index in [1.807, 2.05) is 18.2 Å². The molecule has 0 atom stereocenters. The van der Waals surface area contributed by atoms with Crippen LogP contribution in [-0.4, -0.2) is 39.9 Å². The topological polar surface area (TPSA) is 54.9 Å². The standard InChI is InChI=1S/C22H31N3O2/c1-22(2,19-8-6-5-7-9-19)17-25-21(23-3)24-16-18-10-12-20(13-11-18)27-15-14-26-4/h5-13H,14-17H2,1-4H3,(H2,23,24,25). The zero-order chi connectivity index (χ0) is 19.5. The van der Waals surface area contributed by atoms with Crippen LogP contribution in [0.2, 0.25) is 0 Å². The molecule has 0 bridgehead atoms. The highest BCUT2D eigenvalue weighted by Gasteiger charge is 2.20. The van der Waals surface area contributed by atoms with Gasteiger partial charge in [-0.1, -0.05) is 56.3 Å². The zero-order valence-electron chi connectivity index (χ0n) is 16.8. The molecule has 0 aliphatic heterocycles. The number of hydrogen-bond acceptors (Lipinski definition) is 3. The largest absolute Gasteiger partial charge is 0.491 e. The average Bonchev–Trinajstić information content (AvgIpc) is 2.70. The fourth-order valence-electron chi connectivity index (χ4n) is 2.65. The Morgan fingerprint density at radius 3 is 2.30 bits per heavy atom. The molecule has 27 heavy (non-hydrogen) atoms. The number of benzene rings is 2. The van der Waals surface area contributed by atoms with Crippen molar-refractivity contribution in [2.75, 3.05) is 33.9 Å². The van der Waals surface area contributed by atoms with Gasteiger partial charge in [0.2, 0.25) is 0 Å². The summed E-state index contributed by atoms with van der Waals surface area (Å²) in [7, 11) is 3.46. The van der Waals surface area contributed by atoms with Crippen LogP contribution < -0.4 is 15.4 Å². The summed E-state index contributed by atoms with van der Waals surface area (Å²) in [5.74, 6) is 1.64. The van der Waals surface area contributed by atoms with E-state index in [1.54, 1.807) is 14.2 Å². The maximum absolute atomic E-state index is 5.58. The van der Waals surface area contributed by atoms with Crippen LogP contribution in [-0.2, 0) is 16.7 Å². The Kier molecular flexibility index (Phi) is 8.14. The smallest absolute Gasteiger partial charge is 0.191 e. The zero-order valence-corrected chi connectivity index (χ0v) is 16.8. The lowest BCUT2D eigenvalue weighted by Crippen LogP contribution is -2.43. The van der Waals surface area contributed by atoms with Crippen LogP contribution in [0.1, 0.15) is 25.0 Å². The molecule has 0 aromatic heterocycles. The second kappa shape index (κ2) is 10.6. The maximum Gasteiger partial charge on any atom is 0.191 e. The third kappa shape index (κ3) is 6.94. The Bertz CT molecular complexity index is 697. The second-order valence-electron chi connectivity index (χ2n) is 7.01. The first kappa shape index (κ1) is 20.8. The molecular weight excluding hydrogens is 338 g/mol. The fraction of sp³-hybridized carbons (Fsp3) is 0.409. The summed E-state index contributed by atoms with van der Waals surface area (Å²) in [4.78, 5) is 4.32. The molecule has 2 aromatic rings. The third-order valence-electron chi connectivity index (χ3n) is 4.42. The van der Waals surface area contributed by atoms with Gasteiger partial charge in [-0.3, -0.25) is 4.99 Å². The van der Waals surface area contributed by atoms with Gasteiger partial charge < -0.3 is 20.1 Å². The van der Waals surface area contributed by atoms with E-state index >= 15 is 0 Å². The minimum atomic E-state index is 0.0140. The summed E-state index contributed by atoms with van der Waals surface area (Å²) in [6.45, 7) is 7.09. The summed E-state index contributed by atoms with van der Waals surface area (Å²) in [6.07, 6.45) is 0. The average molecular weight is 370 g/mol. The van der Waals surface area contributed by atoms with Gasteiger partial charge in [0.1, 0.15) is 12.4 Å². The normalized spacial score (nSPS) is 11.9. The Morgan fingerprint density at radius 1 is 0.963 bits per heavy atom. The van der Waals surface area contributed by atoms with Crippen LogP contribution >= 0.6 is 0 Å². The van der Waals surface area contributed by atoms with Gasteiger partial charge in [-0.2, -0.15) is 0 Å². The molecule has 0 saturated heterocycles. The molecule has 2 rings (SSSR count). The lowest BCUT2D eigenvalue weighted by molar-refractivity contribution is 0.146. The van der Waals surface area contributed by atoms with Crippen molar-refractivity contribution >= 4 is 5.96 Å². The fourth-order valence-corrected chi connectivity index (χ4v) is 2.65. The Labute approximate surface area is 162 Å². The predicted octanol–water partition coefficient (Wildman–Crippen LogP) is 3.35. The Balaban J connectivity index is 1.81. The van der Waals surface area contributed by atoms with Crippen molar-refractivity contribution < 1.29 is 9.47 Å². The number of nitrogens with zero attached hydrogens (tertiary/aromatic N) is 1. The molecule has 0 saturated carbocycles. The van der Waals surface area contributed by atoms with Crippen molar-refractivity contribution in [1.82, 2.24) is 10.6 Å². The van der Waals surface area contributed by atoms with Gasteiger partial charge >= 0.3 is 0 Å². The number of hydrogen-bond donors (Lipinski definition) is 2. The minimum absolute atomic E-state index is 0.0140. The first-order chi connectivity index (χ1) is 13.0. The van der Waals surface area contributed by atoms with Crippen LogP contribution in [0, 0.1) is 0 Å². The molecule has 0 heterocycles. The Hall–Kier alpha value is -2.53. The van der Waals surface area contributed by atoms with Crippen LogP contribution in [0.3, 0.4) is 0 Å². The van der Waals surface area contributed by atoms with E-state index in [1.165, 1.54) is 11.1 Å². The predicted molar refractivity (Wildman–Crippen MR) is 111 cm³/mol. The van der Waals surface area contributed by atoms with Crippen molar-refractivity contribution in [2.24, 2.45) is 4.99 Å². The van der Waals surface area contributed by atoms with Gasteiger partial charge in [0, 0.05) is 32.7 Å². The minimum Gasteiger partial charge on any atom is -0.491 e. The lowest BCUT2D eigenvalue weighted by Gasteiger charge is -2.26. The molecule has 5 heteroatoms. The third-order valence-corrected chi connectivity index (χ3v) is 4.42. The van der Waals surface area contributed by atoms with Crippen LogP contribution in [0.25, 0.3) is 0 Å². The summed E-state index contributed by atoms with van der Waals surface area (Å²) in [6, 6.07) is 18.6. The highest BCUT2D eigenvalue weighted by atomic mass is 16.5. The van der Waals surface area contributed by atoms with Crippen molar-refractivity contribution in [2.45, 2.75) is 25.8 Å². The number of nitrogens with one attached hydrogen (secondary N) is 2. The maximum atomic E-state index is 5.58. The number of guanidine groups is 1. The first-order valence-corrected chi connectivity index (χ1v) is 9.26. The molecule has 0 unspecified atom stereocenters. The van der Waals surface area contributed by atoms with Gasteiger partial charge in [0.25, 0.3) is 0 Å². The van der Waals surface area contributed by atoms with E-state index in [2.05, 4.69) is 65.9 Å². The molecule has 0 fully saturated rings. The number of methoxy groups -OCH3 is 1. The lowest BCUT2D eigenvalue weighted by atomic mass is 9.85. The van der Waals surface area contributed by atoms with Gasteiger partial charge in [-0.05, 0) is 23.3 Å². The molecule has 2 aromatic carbocycles. The molecular formula is C22H31N3O2. The molecule has 0 amide bonds. The number of rotatable bonds is 9. The van der Waals surface area contributed by atoms with E-state index in [-0.39, 0.29) is 5.41 Å². The monoisotopic (exact) mass is 369 g/mol. The highest BCUT2D eigenvalue weighted by molar-refractivity contribution is 5.79. The summed E-state index contributed by atoms with van der Waals surface area (Å²) in [5, 5.41) is 6.78. The van der Waals surface area contributed by atoms with Crippen molar-refractivity contribution in [3.05, 3.63) is 65.7 Å². The molecule has 146 valence electrons. The molecule has 5 nitrogen and oxygen atoms in total. The van der Waals surface area contributed by atoms with E-state index in [4.69, 9.17) is 9.47 Å². The number of aliphatic imine (C=N–C) groups is 1. The van der Waals surface area contributed by atoms with Gasteiger partial charge in [-0.15, -0.1) is 0 Å². The Morgan fingerprint density at radius 2 is 1.67 bits per heavy atom. The van der Waals surface area contributed by atoms with E-state index in [0.717, 1.165) is 18.3 Å². The number of ether oxygens (including phenoxy) is 2. The quantitative estimate of drug-likeness (QED) is 0.404. The van der Waals surface area contributed by atoms with Gasteiger partial charge in [0.05, 0.1) is 6.61 Å². The van der Waals surface area contributed by atoms with Crippen LogP contribution in [0.15, 0.2) is 59.6 Å². The van der Waals surface area contributed by atoms with Crippen LogP contribution in [0.5, 0.6) is 5.75 Å². The van der Waals surface area contributed by atoms with E-state index in [0.29, 0.717) is 19.8 Å². The summed E-state index contributed by atoms with van der Waals surface area (Å²) < 4.78 is 10.6. The molecule has 0 radical (unpaired) electrons. The molecule has 0 spiro atoms. The van der Waals surface area contributed by atoms with Crippen LogP contribution in [0.4, 0.5) is 0 Å². The van der Waals surface area contributed by atoms with Crippen molar-refractivity contribution in [1.29, 1.82) is 0 Å². The van der Waals surface area contributed by atoms with Gasteiger partial charge in [0.15, 0.2) is 5.96 Å². The van der Waals surface area contributed by atoms with E-state index in [9.17, 15) is 0 Å². The second-order valence-corrected chi connectivity index (χ2v) is 7.01.